The largest absolute Gasteiger partial charge is 3.00 e. The van der Waals surface area contributed by atoms with Crippen molar-refractivity contribution in [1.29, 1.82) is 0 Å². The van der Waals surface area contributed by atoms with E-state index in [0.29, 0.717) is 11.4 Å². The van der Waals surface area contributed by atoms with Gasteiger partial charge in [-0.05, 0) is 6.07 Å². The Kier molecular flexibility index (Phi) is 4.78. The minimum Gasteiger partial charge on any atom is -0.697 e. The van der Waals surface area contributed by atoms with E-state index in [0.717, 1.165) is 0 Å². The van der Waals surface area contributed by atoms with Crippen LogP contribution in [0, 0.1) is 0 Å². The Bertz CT molecular complexity index is 187. The van der Waals surface area contributed by atoms with Gasteiger partial charge in [0, 0.05) is 6.20 Å². The van der Waals surface area contributed by atoms with Crippen molar-refractivity contribution < 1.29 is 37.8 Å². The van der Waals surface area contributed by atoms with E-state index < -0.39 is 0 Å². The number of aliphatic hydroxyl groups excluding tert-OH is 1. The summed E-state index contributed by atoms with van der Waals surface area (Å²) in [5.74, 6) is 0. The minimum atomic E-state index is -0.0553. The summed E-state index contributed by atoms with van der Waals surface area (Å²) in [5.41, 5.74) is 7.99. The Hall–Kier alpha value is 0.0139. The summed E-state index contributed by atoms with van der Waals surface area (Å²) < 4.78 is 0. The molecule has 3 nitrogen and oxygen atoms in total. The molecule has 0 amide bonds. The summed E-state index contributed by atoms with van der Waals surface area (Å²) in [7, 11) is 0. The fourth-order valence-electron chi connectivity index (χ4n) is 0.518. The van der Waals surface area contributed by atoms with E-state index in [2.05, 4.69) is 4.98 Å². The summed E-state index contributed by atoms with van der Waals surface area (Å²) in [6.45, 7) is -0.0553. The van der Waals surface area contributed by atoms with Crippen molar-refractivity contribution in [3.63, 3.8) is 0 Å². The van der Waals surface area contributed by atoms with Crippen LogP contribution in [0.4, 0.5) is 5.69 Å². The van der Waals surface area contributed by atoms with Gasteiger partial charge in [0.15, 0.2) is 0 Å². The van der Waals surface area contributed by atoms with E-state index >= 15 is 0 Å². The smallest absolute Gasteiger partial charge is 0.697 e. The number of nitrogens with zero attached hydrogens (tertiary/aromatic N) is 1. The molecule has 1 aromatic heterocycles. The van der Waals surface area contributed by atoms with E-state index in [4.69, 9.17) is 10.8 Å². The summed E-state index contributed by atoms with van der Waals surface area (Å²) in [5, 5.41) is 8.50. The fourth-order valence-corrected chi connectivity index (χ4v) is 0.518. The second kappa shape index (κ2) is 4.77. The molecule has 1 rings (SSSR count). The summed E-state index contributed by atoms with van der Waals surface area (Å²) in [4.78, 5) is 3.76. The molecule has 0 aromatic carbocycles. The molecular weight excluding hydrogens is 205 g/mol. The topological polar surface area (TPSA) is 56.9 Å². The van der Waals surface area contributed by atoms with Crippen molar-refractivity contribution in [1.82, 2.24) is 4.98 Å². The molecule has 2 N–H and O–H groups in total. The molecule has 0 aliphatic rings. The van der Waals surface area contributed by atoms with Crippen LogP contribution in [0.1, 0.15) is 5.69 Å². The van der Waals surface area contributed by atoms with Crippen LogP contribution in [0.2, 0.25) is 0 Å². The predicted molar refractivity (Wildman–Crippen MR) is 34.1 cm³/mol. The van der Waals surface area contributed by atoms with Gasteiger partial charge in [-0.3, -0.25) is 4.98 Å². The first kappa shape index (κ1) is 10.0. The van der Waals surface area contributed by atoms with Crippen LogP contribution >= 0.6 is 0 Å². The molecular formula is C6H7N2OY+2. The number of hydrogen-bond donors (Lipinski definition) is 1. The minimum absolute atomic E-state index is 0. The second-order valence-corrected chi connectivity index (χ2v) is 1.70. The number of pyridine rings is 1. The van der Waals surface area contributed by atoms with Crippen LogP contribution in [-0.2, 0) is 39.3 Å². The molecule has 0 fully saturated rings. The van der Waals surface area contributed by atoms with Crippen LogP contribution in [0.15, 0.2) is 18.3 Å². The average molecular weight is 212 g/mol. The standard InChI is InChI=1S/C6H7N2O.Y/c7-5-1-2-6(4-9)8-3-5;/h1-3,7,9H,4H2;/q-1;+3. The molecule has 0 bridgehead atoms. The van der Waals surface area contributed by atoms with Gasteiger partial charge in [0.1, 0.15) is 0 Å². The Labute approximate surface area is 84.5 Å². The van der Waals surface area contributed by atoms with E-state index in [1.807, 2.05) is 0 Å². The Balaban J connectivity index is 0.000000810. The molecule has 0 spiro atoms. The third kappa shape index (κ3) is 2.73. The molecule has 0 aliphatic carbocycles. The third-order valence-corrected chi connectivity index (χ3v) is 0.987. The maximum Gasteiger partial charge on any atom is 3.00 e. The summed E-state index contributed by atoms with van der Waals surface area (Å²) in [6, 6.07) is 3.22. The third-order valence-electron chi connectivity index (χ3n) is 0.987. The van der Waals surface area contributed by atoms with Crippen LogP contribution in [0.5, 0.6) is 0 Å². The van der Waals surface area contributed by atoms with Crippen molar-refractivity contribution in [3.8, 4) is 0 Å². The average Bonchev–Trinajstić information content (AvgIpc) is 1.90. The van der Waals surface area contributed by atoms with E-state index in [-0.39, 0.29) is 39.3 Å². The normalized spacial score (nSPS) is 8.50. The summed E-state index contributed by atoms with van der Waals surface area (Å²) >= 11 is 0. The zero-order chi connectivity index (χ0) is 6.69. The molecule has 0 saturated heterocycles. The number of rotatable bonds is 1. The maximum absolute atomic E-state index is 8.50. The molecule has 1 aromatic rings. The van der Waals surface area contributed by atoms with Gasteiger partial charge < -0.3 is 10.8 Å². The first-order valence-corrected chi connectivity index (χ1v) is 2.60. The molecule has 0 saturated carbocycles. The van der Waals surface area contributed by atoms with Gasteiger partial charge in [0.05, 0.1) is 12.3 Å². The monoisotopic (exact) mass is 212 g/mol. The van der Waals surface area contributed by atoms with Crippen LogP contribution in [0.25, 0.3) is 5.73 Å². The van der Waals surface area contributed by atoms with E-state index in [1.165, 1.54) is 6.20 Å². The van der Waals surface area contributed by atoms with Crippen molar-refractivity contribution >= 4 is 5.69 Å². The van der Waals surface area contributed by atoms with Crippen molar-refractivity contribution in [3.05, 3.63) is 29.8 Å². The van der Waals surface area contributed by atoms with Gasteiger partial charge in [-0.1, -0.05) is 6.07 Å². The number of aromatic nitrogens is 1. The Morgan fingerprint density at radius 2 is 2.20 bits per heavy atom. The molecule has 1 heterocycles. The van der Waals surface area contributed by atoms with Gasteiger partial charge in [-0.2, -0.15) is 0 Å². The second-order valence-electron chi connectivity index (χ2n) is 1.70. The predicted octanol–water partition coefficient (Wildman–Crippen LogP) is 1.26. The first-order chi connectivity index (χ1) is 4.33. The first-order valence-electron chi connectivity index (χ1n) is 2.60. The van der Waals surface area contributed by atoms with Crippen molar-refractivity contribution in [2.24, 2.45) is 0 Å². The van der Waals surface area contributed by atoms with Gasteiger partial charge >= 0.3 is 32.7 Å². The van der Waals surface area contributed by atoms with Gasteiger partial charge in [-0.15, -0.1) is 5.69 Å². The van der Waals surface area contributed by atoms with Crippen molar-refractivity contribution in [2.45, 2.75) is 6.61 Å². The van der Waals surface area contributed by atoms with Crippen LogP contribution < -0.4 is 0 Å². The van der Waals surface area contributed by atoms with E-state index in [9.17, 15) is 0 Å². The van der Waals surface area contributed by atoms with Crippen LogP contribution in [0.3, 0.4) is 0 Å². The number of hydrogen-bond acceptors (Lipinski definition) is 2. The maximum atomic E-state index is 8.50. The number of nitrogens with one attached hydrogen (secondary N) is 1. The molecule has 4 heteroatoms. The molecule has 48 valence electrons. The SMILES string of the molecule is [NH-]c1ccc(CO)nc1.[Y+3]. The summed E-state index contributed by atoms with van der Waals surface area (Å²) in [6.07, 6.45) is 1.41. The zero-order valence-corrected chi connectivity index (χ0v) is 8.25. The van der Waals surface area contributed by atoms with E-state index in [1.54, 1.807) is 12.1 Å². The van der Waals surface area contributed by atoms with Crippen molar-refractivity contribution in [2.75, 3.05) is 0 Å². The molecule has 0 atom stereocenters. The Morgan fingerprint density at radius 1 is 1.50 bits per heavy atom. The fraction of sp³-hybridized carbons (Fsp3) is 0.167. The zero-order valence-electron chi connectivity index (χ0n) is 5.41. The van der Waals surface area contributed by atoms with Gasteiger partial charge in [-0.25, -0.2) is 0 Å². The molecule has 0 unspecified atom stereocenters. The van der Waals surface area contributed by atoms with Gasteiger partial charge in [0.25, 0.3) is 0 Å². The van der Waals surface area contributed by atoms with Gasteiger partial charge in [0.2, 0.25) is 0 Å². The van der Waals surface area contributed by atoms with Crippen LogP contribution in [-0.4, -0.2) is 10.1 Å². The quantitative estimate of drug-likeness (QED) is 0.761. The molecule has 0 radical (unpaired) electrons. The number of aliphatic hydroxyl groups is 1. The Morgan fingerprint density at radius 3 is 2.60 bits per heavy atom. The molecule has 0 aliphatic heterocycles. The molecule has 10 heavy (non-hydrogen) atoms.